The van der Waals surface area contributed by atoms with Gasteiger partial charge in [0.05, 0.1) is 4.47 Å². The molecule has 4 nitrogen and oxygen atoms in total. The average molecular weight is 448 g/mol. The molecule has 0 heterocycles. The molecule has 0 saturated carbocycles. The Labute approximate surface area is 170 Å². The maximum Gasteiger partial charge on any atom is 0.347 e. The molecule has 0 unspecified atom stereocenters. The Morgan fingerprint density at radius 2 is 1.56 bits per heavy atom. The van der Waals surface area contributed by atoms with E-state index >= 15 is 0 Å². The monoisotopic (exact) mass is 446 g/mol. The number of esters is 1. The fraction of sp³-hybridized carbons (Fsp3) is 0.0952. The van der Waals surface area contributed by atoms with Gasteiger partial charge in [-0.05, 0) is 58.4 Å². The Hall–Kier alpha value is -2.50. The van der Waals surface area contributed by atoms with Crippen molar-refractivity contribution in [1.29, 1.82) is 0 Å². The van der Waals surface area contributed by atoms with Crippen LogP contribution in [0.15, 0.2) is 77.3 Å². The topological polar surface area (TPSA) is 44.8 Å². The minimum absolute atomic E-state index is 0.295. The molecule has 0 spiro atoms. The van der Waals surface area contributed by atoms with Crippen LogP contribution in [-0.2, 0) is 0 Å². The number of carbonyl (C=O) groups is 1. The van der Waals surface area contributed by atoms with Crippen molar-refractivity contribution in [1.82, 2.24) is 0 Å². The number of carbonyl (C=O) groups excluding carboxylic acids is 1. The molecule has 6 heteroatoms. The summed E-state index contributed by atoms with van der Waals surface area (Å²) >= 11 is 9.24. The summed E-state index contributed by atoms with van der Waals surface area (Å²) in [5, 5.41) is 0.545. The first-order valence-corrected chi connectivity index (χ1v) is 9.37. The first-order valence-electron chi connectivity index (χ1n) is 8.20. The molecule has 0 aliphatic heterocycles. The highest BCUT2D eigenvalue weighted by molar-refractivity contribution is 9.10. The highest BCUT2D eigenvalue weighted by Gasteiger charge is 2.16. The van der Waals surface area contributed by atoms with Crippen LogP contribution >= 0.6 is 27.5 Å². The van der Waals surface area contributed by atoms with Gasteiger partial charge < -0.3 is 14.2 Å². The van der Waals surface area contributed by atoms with Crippen LogP contribution in [-0.4, -0.2) is 19.2 Å². The van der Waals surface area contributed by atoms with Gasteiger partial charge in [-0.25, -0.2) is 4.79 Å². The van der Waals surface area contributed by atoms with Crippen molar-refractivity contribution < 1.29 is 19.0 Å². The second kappa shape index (κ2) is 9.44. The van der Waals surface area contributed by atoms with Gasteiger partial charge in [0.25, 0.3) is 0 Å². The summed E-state index contributed by atoms with van der Waals surface area (Å²) in [6.45, 7) is 0.653. The number of ether oxygens (including phenoxy) is 3. The van der Waals surface area contributed by atoms with Gasteiger partial charge in [-0.15, -0.1) is 0 Å². The van der Waals surface area contributed by atoms with E-state index in [2.05, 4.69) is 15.9 Å². The van der Waals surface area contributed by atoms with Gasteiger partial charge in [-0.1, -0.05) is 41.9 Å². The molecule has 3 aromatic carbocycles. The van der Waals surface area contributed by atoms with Gasteiger partial charge in [-0.3, -0.25) is 0 Å². The average Bonchev–Trinajstić information content (AvgIpc) is 2.68. The quantitative estimate of drug-likeness (QED) is 0.262. The summed E-state index contributed by atoms with van der Waals surface area (Å²) in [4.78, 5) is 12.5. The summed E-state index contributed by atoms with van der Waals surface area (Å²) in [6, 6.07) is 21.3. The molecule has 0 bridgehead atoms. The molecule has 0 aliphatic rings. The molecule has 138 valence electrons. The van der Waals surface area contributed by atoms with Gasteiger partial charge >= 0.3 is 5.97 Å². The molecule has 0 fully saturated rings. The standard InChI is InChI=1S/C21H16BrClO4/c22-18-14-15(23)10-11-20(18)27-21(24)17-8-4-5-9-19(17)26-13-12-25-16-6-2-1-3-7-16/h1-11,14H,12-13H2. The third kappa shape index (κ3) is 5.49. The zero-order chi connectivity index (χ0) is 19.1. The fourth-order valence-corrected chi connectivity index (χ4v) is 3.07. The lowest BCUT2D eigenvalue weighted by Gasteiger charge is -2.12. The Bertz CT molecular complexity index is 915. The number of para-hydroxylation sites is 2. The zero-order valence-electron chi connectivity index (χ0n) is 14.2. The molecule has 0 atom stereocenters. The van der Waals surface area contributed by atoms with Crippen LogP contribution in [0, 0.1) is 0 Å². The number of hydrogen-bond donors (Lipinski definition) is 0. The maximum absolute atomic E-state index is 12.5. The van der Waals surface area contributed by atoms with Crippen LogP contribution in [0.25, 0.3) is 0 Å². The molecule has 3 aromatic rings. The predicted molar refractivity (Wildman–Crippen MR) is 108 cm³/mol. The minimum Gasteiger partial charge on any atom is -0.490 e. The SMILES string of the molecule is O=C(Oc1ccc(Cl)cc1Br)c1ccccc1OCCOc1ccccc1. The Balaban J connectivity index is 1.61. The van der Waals surface area contributed by atoms with E-state index in [-0.39, 0.29) is 0 Å². The van der Waals surface area contributed by atoms with Crippen molar-refractivity contribution in [2.24, 2.45) is 0 Å². The molecule has 3 rings (SSSR count). The first-order chi connectivity index (χ1) is 13.1. The highest BCUT2D eigenvalue weighted by Crippen LogP contribution is 2.29. The lowest BCUT2D eigenvalue weighted by Crippen LogP contribution is -2.14. The number of benzene rings is 3. The van der Waals surface area contributed by atoms with Crippen molar-refractivity contribution in [3.8, 4) is 17.2 Å². The van der Waals surface area contributed by atoms with Crippen LogP contribution in [0.4, 0.5) is 0 Å². The summed E-state index contributed by atoms with van der Waals surface area (Å²) in [7, 11) is 0. The van der Waals surface area contributed by atoms with Gasteiger partial charge in [0.2, 0.25) is 0 Å². The van der Waals surface area contributed by atoms with Crippen molar-refractivity contribution in [3.05, 3.63) is 87.9 Å². The Kier molecular flexibility index (Phi) is 6.74. The van der Waals surface area contributed by atoms with Gasteiger partial charge in [0.1, 0.15) is 36.0 Å². The van der Waals surface area contributed by atoms with Crippen molar-refractivity contribution in [2.45, 2.75) is 0 Å². The largest absolute Gasteiger partial charge is 0.490 e. The molecule has 0 aliphatic carbocycles. The van der Waals surface area contributed by atoms with E-state index in [1.807, 2.05) is 30.3 Å². The normalized spacial score (nSPS) is 10.3. The molecule has 27 heavy (non-hydrogen) atoms. The molecule has 0 radical (unpaired) electrons. The van der Waals surface area contributed by atoms with Crippen molar-refractivity contribution in [3.63, 3.8) is 0 Å². The second-order valence-corrected chi connectivity index (χ2v) is 6.76. The van der Waals surface area contributed by atoms with E-state index in [9.17, 15) is 4.79 Å². The van der Waals surface area contributed by atoms with Crippen molar-refractivity contribution in [2.75, 3.05) is 13.2 Å². The molecule has 0 saturated heterocycles. The smallest absolute Gasteiger partial charge is 0.347 e. The van der Waals surface area contributed by atoms with Gasteiger partial charge in [-0.2, -0.15) is 0 Å². The second-order valence-electron chi connectivity index (χ2n) is 5.47. The summed E-state index contributed by atoms with van der Waals surface area (Å²) < 4.78 is 17.3. The van der Waals surface area contributed by atoms with Crippen LogP contribution < -0.4 is 14.2 Å². The van der Waals surface area contributed by atoms with Crippen LogP contribution in [0.5, 0.6) is 17.2 Å². The summed E-state index contributed by atoms with van der Waals surface area (Å²) in [5.74, 6) is 1.06. The third-order valence-electron chi connectivity index (χ3n) is 3.56. The van der Waals surface area contributed by atoms with E-state index in [4.69, 9.17) is 25.8 Å². The molecular weight excluding hydrogens is 432 g/mol. The molecule has 0 aromatic heterocycles. The minimum atomic E-state index is -0.516. The number of rotatable bonds is 7. The highest BCUT2D eigenvalue weighted by atomic mass is 79.9. The molecule has 0 N–H and O–H groups in total. The van der Waals surface area contributed by atoms with Crippen LogP contribution in [0.2, 0.25) is 5.02 Å². The van der Waals surface area contributed by atoms with Crippen LogP contribution in [0.1, 0.15) is 10.4 Å². The number of hydrogen-bond acceptors (Lipinski definition) is 4. The van der Waals surface area contributed by atoms with E-state index in [0.29, 0.717) is 39.8 Å². The first kappa shape index (κ1) is 19.3. The van der Waals surface area contributed by atoms with E-state index in [1.165, 1.54) is 0 Å². The lowest BCUT2D eigenvalue weighted by molar-refractivity contribution is 0.0728. The van der Waals surface area contributed by atoms with Gasteiger partial charge in [0.15, 0.2) is 0 Å². The number of halogens is 2. The van der Waals surface area contributed by atoms with E-state index in [0.717, 1.165) is 5.75 Å². The summed E-state index contributed by atoms with van der Waals surface area (Å²) in [5.41, 5.74) is 0.332. The van der Waals surface area contributed by atoms with E-state index < -0.39 is 5.97 Å². The fourth-order valence-electron chi connectivity index (χ4n) is 2.30. The third-order valence-corrected chi connectivity index (χ3v) is 4.41. The molecular formula is C21H16BrClO4. The van der Waals surface area contributed by atoms with Crippen molar-refractivity contribution >= 4 is 33.5 Å². The molecule has 0 amide bonds. The van der Waals surface area contributed by atoms with Crippen LogP contribution in [0.3, 0.4) is 0 Å². The van der Waals surface area contributed by atoms with E-state index in [1.54, 1.807) is 42.5 Å². The summed E-state index contributed by atoms with van der Waals surface area (Å²) in [6.07, 6.45) is 0. The van der Waals surface area contributed by atoms with Gasteiger partial charge in [0, 0.05) is 5.02 Å². The lowest BCUT2D eigenvalue weighted by atomic mass is 10.2. The Morgan fingerprint density at radius 1 is 0.852 bits per heavy atom. The maximum atomic E-state index is 12.5. The zero-order valence-corrected chi connectivity index (χ0v) is 16.6. The predicted octanol–water partition coefficient (Wildman–Crippen LogP) is 5.78. The Morgan fingerprint density at radius 3 is 2.33 bits per heavy atom.